The summed E-state index contributed by atoms with van der Waals surface area (Å²) in [6, 6.07) is 13.2. The molecule has 9 heteroatoms. The molecule has 1 aliphatic heterocycles. The molecular formula is C19H18ClF3N4S. The number of benzene rings is 2. The summed E-state index contributed by atoms with van der Waals surface area (Å²) in [6.45, 7) is 3.23. The van der Waals surface area contributed by atoms with E-state index < -0.39 is 11.7 Å². The highest BCUT2D eigenvalue weighted by molar-refractivity contribution is 7.99. The Balaban J connectivity index is 0.00000225. The van der Waals surface area contributed by atoms with Crippen molar-refractivity contribution in [3.05, 3.63) is 54.1 Å². The van der Waals surface area contributed by atoms with Crippen molar-refractivity contribution in [2.75, 3.05) is 31.1 Å². The lowest BCUT2D eigenvalue weighted by Gasteiger charge is -2.29. The summed E-state index contributed by atoms with van der Waals surface area (Å²) < 4.78 is 39.2. The zero-order chi connectivity index (χ0) is 18.9. The van der Waals surface area contributed by atoms with Crippen LogP contribution in [0, 0.1) is 0 Å². The first-order chi connectivity index (χ1) is 13.0. The van der Waals surface area contributed by atoms with Gasteiger partial charge in [-0.05, 0) is 30.3 Å². The fraction of sp³-hybridized carbons (Fsp3) is 0.263. The van der Waals surface area contributed by atoms with E-state index in [9.17, 15) is 13.2 Å². The van der Waals surface area contributed by atoms with Crippen molar-refractivity contribution >= 4 is 41.0 Å². The fourth-order valence-corrected chi connectivity index (χ4v) is 3.88. The Morgan fingerprint density at radius 3 is 2.32 bits per heavy atom. The number of anilines is 1. The van der Waals surface area contributed by atoms with Gasteiger partial charge in [0.1, 0.15) is 5.03 Å². The number of fused-ring (bicyclic) bond motifs is 1. The van der Waals surface area contributed by atoms with Gasteiger partial charge in [0.05, 0.1) is 16.6 Å². The molecule has 1 fully saturated rings. The van der Waals surface area contributed by atoms with Crippen LogP contribution in [0.25, 0.3) is 11.0 Å². The second-order valence-electron chi connectivity index (χ2n) is 6.21. The summed E-state index contributed by atoms with van der Waals surface area (Å²) in [5, 5.41) is 3.91. The third-order valence-corrected chi connectivity index (χ3v) is 5.29. The average molecular weight is 427 g/mol. The number of hydrogen-bond donors (Lipinski definition) is 1. The molecule has 4 nitrogen and oxygen atoms in total. The van der Waals surface area contributed by atoms with Gasteiger partial charge in [-0.25, -0.2) is 9.97 Å². The molecule has 1 aromatic heterocycles. The molecule has 28 heavy (non-hydrogen) atoms. The summed E-state index contributed by atoms with van der Waals surface area (Å²) >= 11 is 1.42. The van der Waals surface area contributed by atoms with Gasteiger partial charge >= 0.3 is 6.18 Å². The average Bonchev–Trinajstić information content (AvgIpc) is 2.68. The summed E-state index contributed by atoms with van der Waals surface area (Å²) in [7, 11) is 0. The van der Waals surface area contributed by atoms with Crippen molar-refractivity contribution < 1.29 is 13.2 Å². The zero-order valence-electron chi connectivity index (χ0n) is 14.7. The topological polar surface area (TPSA) is 41.1 Å². The number of halogens is 4. The maximum atomic E-state index is 13.1. The second-order valence-corrected chi connectivity index (χ2v) is 7.27. The predicted octanol–water partition coefficient (Wildman–Crippen LogP) is 4.63. The van der Waals surface area contributed by atoms with Gasteiger partial charge in [-0.2, -0.15) is 13.2 Å². The maximum absolute atomic E-state index is 13.1. The van der Waals surface area contributed by atoms with E-state index >= 15 is 0 Å². The van der Waals surface area contributed by atoms with Crippen LogP contribution >= 0.6 is 24.2 Å². The first-order valence-corrected chi connectivity index (χ1v) is 9.40. The Morgan fingerprint density at radius 1 is 0.929 bits per heavy atom. The lowest BCUT2D eigenvalue weighted by molar-refractivity contribution is -0.137. The summed E-state index contributed by atoms with van der Waals surface area (Å²) in [6.07, 6.45) is -4.40. The highest BCUT2D eigenvalue weighted by Crippen LogP contribution is 2.36. The minimum Gasteiger partial charge on any atom is -0.352 e. The molecular weight excluding hydrogens is 409 g/mol. The number of rotatable bonds is 3. The number of nitrogens with zero attached hydrogens (tertiary/aromatic N) is 3. The van der Waals surface area contributed by atoms with Gasteiger partial charge in [-0.3, -0.25) is 0 Å². The molecule has 0 aliphatic carbocycles. The van der Waals surface area contributed by atoms with Crippen LogP contribution in [0.4, 0.5) is 19.0 Å². The molecule has 0 amide bonds. The molecule has 0 atom stereocenters. The van der Waals surface area contributed by atoms with E-state index in [2.05, 4.69) is 20.2 Å². The summed E-state index contributed by atoms with van der Waals surface area (Å²) in [5.41, 5.74) is 0.00553. The Hall–Kier alpha value is -2.03. The van der Waals surface area contributed by atoms with E-state index in [1.54, 1.807) is 0 Å². The van der Waals surface area contributed by atoms with Crippen molar-refractivity contribution in [1.82, 2.24) is 15.3 Å². The van der Waals surface area contributed by atoms with Crippen molar-refractivity contribution in [2.45, 2.75) is 16.1 Å². The number of piperazine rings is 1. The van der Waals surface area contributed by atoms with Gasteiger partial charge in [-0.1, -0.05) is 30.0 Å². The Bertz CT molecular complexity index is 947. The first kappa shape index (κ1) is 20.7. The monoisotopic (exact) mass is 426 g/mol. The minimum atomic E-state index is -4.40. The van der Waals surface area contributed by atoms with Crippen molar-refractivity contribution in [2.24, 2.45) is 0 Å². The number of nitrogens with one attached hydrogen (secondary N) is 1. The van der Waals surface area contributed by atoms with Crippen LogP contribution in [0.3, 0.4) is 0 Å². The van der Waals surface area contributed by atoms with Crippen LogP contribution in [0.2, 0.25) is 0 Å². The van der Waals surface area contributed by atoms with Gasteiger partial charge in [0.25, 0.3) is 0 Å². The SMILES string of the molecule is Cl.FC(F)(F)c1ccc2nc(N3CCNCC3)c(Sc3ccccc3)nc2c1. The standard InChI is InChI=1S/C19H17F3N4S.ClH/c20-19(21,22)13-6-7-15-16(12-13)25-18(27-14-4-2-1-3-5-14)17(24-15)26-10-8-23-9-11-26;/h1-7,12,23H,8-11H2;1H. The van der Waals surface area contributed by atoms with E-state index in [-0.39, 0.29) is 17.9 Å². The Labute approximate surface area is 171 Å². The predicted molar refractivity (Wildman–Crippen MR) is 107 cm³/mol. The third-order valence-electron chi connectivity index (χ3n) is 4.32. The maximum Gasteiger partial charge on any atom is 0.416 e. The second kappa shape index (κ2) is 8.55. The summed E-state index contributed by atoms with van der Waals surface area (Å²) in [5.74, 6) is 0.720. The smallest absolute Gasteiger partial charge is 0.352 e. The number of alkyl halides is 3. The molecule has 0 spiro atoms. The molecule has 0 saturated carbocycles. The largest absolute Gasteiger partial charge is 0.416 e. The molecule has 2 heterocycles. The molecule has 1 aliphatic rings. The van der Waals surface area contributed by atoms with E-state index in [0.29, 0.717) is 10.5 Å². The molecule has 2 aromatic carbocycles. The molecule has 1 saturated heterocycles. The molecule has 1 N–H and O–H groups in total. The van der Waals surface area contributed by atoms with Crippen LogP contribution in [0.15, 0.2) is 58.5 Å². The third kappa shape index (κ3) is 4.51. The first-order valence-electron chi connectivity index (χ1n) is 8.58. The minimum absolute atomic E-state index is 0. The summed E-state index contributed by atoms with van der Waals surface area (Å²) in [4.78, 5) is 12.3. The van der Waals surface area contributed by atoms with Gasteiger partial charge < -0.3 is 10.2 Å². The van der Waals surface area contributed by atoms with E-state index in [4.69, 9.17) is 0 Å². The lowest BCUT2D eigenvalue weighted by atomic mass is 10.2. The van der Waals surface area contributed by atoms with Gasteiger partial charge in [0, 0.05) is 31.1 Å². The van der Waals surface area contributed by atoms with Gasteiger partial charge in [0.15, 0.2) is 5.82 Å². The van der Waals surface area contributed by atoms with E-state index in [1.807, 2.05) is 30.3 Å². The molecule has 0 bridgehead atoms. The van der Waals surface area contributed by atoms with Crippen LogP contribution in [0.5, 0.6) is 0 Å². The number of aromatic nitrogens is 2. The van der Waals surface area contributed by atoms with E-state index in [1.165, 1.54) is 17.8 Å². The van der Waals surface area contributed by atoms with Crippen molar-refractivity contribution in [3.8, 4) is 0 Å². The van der Waals surface area contributed by atoms with Crippen LogP contribution in [-0.2, 0) is 6.18 Å². The van der Waals surface area contributed by atoms with Crippen LogP contribution in [-0.4, -0.2) is 36.1 Å². The normalized spacial score (nSPS) is 14.8. The Kier molecular flexibility index (Phi) is 6.32. The van der Waals surface area contributed by atoms with Gasteiger partial charge in [-0.15, -0.1) is 12.4 Å². The molecule has 0 radical (unpaired) electrons. The number of hydrogen-bond acceptors (Lipinski definition) is 5. The van der Waals surface area contributed by atoms with Crippen molar-refractivity contribution in [3.63, 3.8) is 0 Å². The lowest BCUT2D eigenvalue weighted by Crippen LogP contribution is -2.44. The molecule has 148 valence electrons. The molecule has 3 aromatic rings. The zero-order valence-corrected chi connectivity index (χ0v) is 16.4. The highest BCUT2D eigenvalue weighted by atomic mass is 35.5. The van der Waals surface area contributed by atoms with Crippen LogP contribution in [0.1, 0.15) is 5.56 Å². The molecule has 4 rings (SSSR count). The fourth-order valence-electron chi connectivity index (χ4n) is 2.96. The van der Waals surface area contributed by atoms with E-state index in [0.717, 1.165) is 49.0 Å². The van der Waals surface area contributed by atoms with Crippen LogP contribution < -0.4 is 10.2 Å². The quantitative estimate of drug-likeness (QED) is 0.661. The van der Waals surface area contributed by atoms with Gasteiger partial charge in [0.2, 0.25) is 0 Å². The Morgan fingerprint density at radius 2 is 1.64 bits per heavy atom. The van der Waals surface area contributed by atoms with Crippen molar-refractivity contribution in [1.29, 1.82) is 0 Å². The molecule has 0 unspecified atom stereocenters. The highest BCUT2D eigenvalue weighted by Gasteiger charge is 2.31.